The molecule has 33 heavy (non-hydrogen) atoms. The number of aromatic nitrogens is 3. The van der Waals surface area contributed by atoms with Crippen molar-refractivity contribution in [2.24, 2.45) is 0 Å². The zero-order valence-corrected chi connectivity index (χ0v) is 20.1. The van der Waals surface area contributed by atoms with Crippen molar-refractivity contribution in [3.8, 4) is 5.00 Å². The van der Waals surface area contributed by atoms with E-state index >= 15 is 0 Å². The van der Waals surface area contributed by atoms with Crippen molar-refractivity contribution < 1.29 is 9.53 Å². The van der Waals surface area contributed by atoms with Crippen molar-refractivity contribution in [2.45, 2.75) is 46.4 Å². The molecule has 3 aromatic rings. The number of carbonyl (C=O) groups is 1. The van der Waals surface area contributed by atoms with Gasteiger partial charge in [-0.25, -0.2) is 4.79 Å². The molecule has 2 aromatic heterocycles. The summed E-state index contributed by atoms with van der Waals surface area (Å²) in [5, 5.41) is 9.80. The minimum absolute atomic E-state index is 0.222. The molecule has 3 heterocycles. The SMILES string of the molecule is C=C/C=C\C(=C)Cc1c(C)sc2c1CN(C(=O)OCc1ccccc1)[C@@H](C)c1nnc(C)n1-2. The number of hydrogen-bond acceptors (Lipinski definition) is 5. The van der Waals surface area contributed by atoms with E-state index in [-0.39, 0.29) is 18.7 Å². The van der Waals surface area contributed by atoms with E-state index in [4.69, 9.17) is 4.74 Å². The van der Waals surface area contributed by atoms with Crippen LogP contribution in [0.3, 0.4) is 0 Å². The lowest BCUT2D eigenvalue weighted by Gasteiger charge is -2.26. The third-order valence-electron chi connectivity index (χ3n) is 5.83. The van der Waals surface area contributed by atoms with Crippen molar-refractivity contribution in [1.82, 2.24) is 19.7 Å². The van der Waals surface area contributed by atoms with Gasteiger partial charge in [0.25, 0.3) is 0 Å². The van der Waals surface area contributed by atoms with Crippen LogP contribution in [-0.4, -0.2) is 25.8 Å². The molecule has 1 aliphatic heterocycles. The quantitative estimate of drug-likeness (QED) is 0.423. The first-order chi connectivity index (χ1) is 15.9. The van der Waals surface area contributed by atoms with E-state index < -0.39 is 0 Å². The molecule has 1 amide bonds. The summed E-state index contributed by atoms with van der Waals surface area (Å²) in [5.74, 6) is 1.54. The van der Waals surface area contributed by atoms with Gasteiger partial charge in [-0.3, -0.25) is 9.47 Å². The van der Waals surface area contributed by atoms with Crippen molar-refractivity contribution in [3.05, 3.63) is 101 Å². The molecule has 0 spiro atoms. The third kappa shape index (κ3) is 4.54. The maximum atomic E-state index is 13.3. The highest BCUT2D eigenvalue weighted by molar-refractivity contribution is 7.14. The van der Waals surface area contributed by atoms with Gasteiger partial charge < -0.3 is 4.74 Å². The Hall–Kier alpha value is -3.45. The molecule has 0 fully saturated rings. The van der Waals surface area contributed by atoms with Crippen molar-refractivity contribution in [3.63, 3.8) is 0 Å². The second-order valence-corrected chi connectivity index (χ2v) is 9.34. The summed E-state index contributed by atoms with van der Waals surface area (Å²) < 4.78 is 7.78. The van der Waals surface area contributed by atoms with Crippen LogP contribution < -0.4 is 0 Å². The van der Waals surface area contributed by atoms with Crippen LogP contribution >= 0.6 is 11.3 Å². The summed E-state index contributed by atoms with van der Waals surface area (Å²) in [5.41, 5.74) is 4.21. The van der Waals surface area contributed by atoms with Gasteiger partial charge in [-0.05, 0) is 38.3 Å². The topological polar surface area (TPSA) is 60.3 Å². The number of ether oxygens (including phenoxy) is 1. The molecule has 1 aliphatic rings. The fraction of sp³-hybridized carbons (Fsp3) is 0.269. The summed E-state index contributed by atoms with van der Waals surface area (Å²) in [6.45, 7) is 14.6. The summed E-state index contributed by atoms with van der Waals surface area (Å²) in [6.07, 6.45) is 5.92. The van der Waals surface area contributed by atoms with Crippen LogP contribution in [0.15, 0.2) is 67.3 Å². The van der Waals surface area contributed by atoms with E-state index in [2.05, 4.69) is 34.8 Å². The number of nitrogens with zero attached hydrogens (tertiary/aromatic N) is 4. The number of benzene rings is 1. The van der Waals surface area contributed by atoms with Crippen molar-refractivity contribution in [2.75, 3.05) is 0 Å². The molecular formula is C26H28N4O2S. The monoisotopic (exact) mass is 460 g/mol. The third-order valence-corrected chi connectivity index (χ3v) is 7.01. The Morgan fingerprint density at radius 1 is 1.27 bits per heavy atom. The highest BCUT2D eigenvalue weighted by Gasteiger charge is 2.35. The predicted molar refractivity (Wildman–Crippen MR) is 131 cm³/mol. The highest BCUT2D eigenvalue weighted by atomic mass is 32.1. The molecule has 4 rings (SSSR count). The van der Waals surface area contributed by atoms with E-state index in [0.717, 1.165) is 33.3 Å². The lowest BCUT2D eigenvalue weighted by atomic mass is 10.0. The number of aryl methyl sites for hydroxylation is 2. The number of hydrogen-bond donors (Lipinski definition) is 0. The molecule has 0 saturated heterocycles. The molecule has 1 atom stereocenters. The first kappa shape index (κ1) is 22.7. The maximum Gasteiger partial charge on any atom is 0.411 e. The Bertz CT molecular complexity index is 1220. The number of amides is 1. The molecule has 1 aromatic carbocycles. The second kappa shape index (κ2) is 9.58. The van der Waals surface area contributed by atoms with Crippen LogP contribution in [0.5, 0.6) is 0 Å². The van der Waals surface area contributed by atoms with E-state index in [0.29, 0.717) is 13.0 Å². The summed E-state index contributed by atoms with van der Waals surface area (Å²) >= 11 is 1.70. The molecular weight excluding hydrogens is 432 g/mol. The Morgan fingerprint density at radius 2 is 2.03 bits per heavy atom. The van der Waals surface area contributed by atoms with Gasteiger partial charge in [0.05, 0.1) is 12.6 Å². The maximum absolute atomic E-state index is 13.3. The zero-order valence-electron chi connectivity index (χ0n) is 19.2. The average molecular weight is 461 g/mol. The first-order valence-electron chi connectivity index (χ1n) is 10.9. The standard InChI is InChI=1S/C26H28N4O2S/c1-6-7-11-17(2)14-22-19(4)33-25-23(22)15-29(18(3)24-28-27-20(5)30(24)25)26(31)32-16-21-12-9-8-10-13-21/h6-13,18H,1-2,14-16H2,3-5H3/b11-7-/t18-/m0/s1. The summed E-state index contributed by atoms with van der Waals surface area (Å²) in [4.78, 5) is 16.2. The van der Waals surface area contributed by atoms with Gasteiger partial charge in [0.15, 0.2) is 5.82 Å². The van der Waals surface area contributed by atoms with Crippen molar-refractivity contribution >= 4 is 17.4 Å². The number of fused-ring (bicyclic) bond motifs is 3. The van der Waals surface area contributed by atoms with Gasteiger partial charge in [0.2, 0.25) is 0 Å². The van der Waals surface area contributed by atoms with Gasteiger partial charge in [-0.15, -0.1) is 21.5 Å². The Kier molecular flexibility index (Phi) is 6.60. The molecule has 0 radical (unpaired) electrons. The molecule has 0 aliphatic carbocycles. The normalized spacial score (nSPS) is 15.1. The van der Waals surface area contributed by atoms with Crippen LogP contribution in [0.1, 0.15) is 46.2 Å². The van der Waals surface area contributed by atoms with Gasteiger partial charge in [0, 0.05) is 10.4 Å². The fourth-order valence-electron chi connectivity index (χ4n) is 4.05. The van der Waals surface area contributed by atoms with Gasteiger partial charge in [-0.2, -0.15) is 0 Å². The number of thiophene rings is 1. The van der Waals surface area contributed by atoms with Crippen LogP contribution in [0, 0.1) is 13.8 Å². The Balaban J connectivity index is 1.70. The number of carbonyl (C=O) groups excluding carboxylic acids is 1. The number of rotatable bonds is 6. The number of allylic oxidation sites excluding steroid dienone is 4. The minimum Gasteiger partial charge on any atom is -0.445 e. The average Bonchev–Trinajstić information content (AvgIpc) is 3.30. The molecule has 0 N–H and O–H groups in total. The van der Waals surface area contributed by atoms with E-state index in [1.807, 2.05) is 56.3 Å². The zero-order chi connectivity index (χ0) is 23.5. The van der Waals surface area contributed by atoms with Crippen LogP contribution in [0.4, 0.5) is 4.79 Å². The van der Waals surface area contributed by atoms with Crippen LogP contribution in [0.2, 0.25) is 0 Å². The summed E-state index contributed by atoms with van der Waals surface area (Å²) in [6, 6.07) is 9.41. The first-order valence-corrected chi connectivity index (χ1v) is 11.7. The lowest BCUT2D eigenvalue weighted by molar-refractivity contribution is 0.0789. The smallest absolute Gasteiger partial charge is 0.411 e. The van der Waals surface area contributed by atoms with E-state index in [9.17, 15) is 4.79 Å². The molecule has 0 bridgehead atoms. The minimum atomic E-state index is -0.369. The molecule has 0 saturated carbocycles. The van der Waals surface area contributed by atoms with Gasteiger partial charge >= 0.3 is 6.09 Å². The van der Waals surface area contributed by atoms with Gasteiger partial charge in [-0.1, -0.05) is 67.3 Å². The Morgan fingerprint density at radius 3 is 2.76 bits per heavy atom. The lowest BCUT2D eigenvalue weighted by Crippen LogP contribution is -2.33. The molecule has 7 heteroatoms. The largest absolute Gasteiger partial charge is 0.445 e. The second-order valence-electron chi connectivity index (χ2n) is 8.14. The van der Waals surface area contributed by atoms with Crippen LogP contribution in [0.25, 0.3) is 5.00 Å². The van der Waals surface area contributed by atoms with Gasteiger partial charge in [0.1, 0.15) is 17.4 Å². The van der Waals surface area contributed by atoms with Crippen LogP contribution in [-0.2, 0) is 24.3 Å². The molecule has 170 valence electrons. The molecule has 6 nitrogen and oxygen atoms in total. The van der Waals surface area contributed by atoms with E-state index in [1.54, 1.807) is 22.3 Å². The van der Waals surface area contributed by atoms with Crippen molar-refractivity contribution in [1.29, 1.82) is 0 Å². The van der Waals surface area contributed by atoms with E-state index in [1.165, 1.54) is 10.4 Å². The summed E-state index contributed by atoms with van der Waals surface area (Å²) in [7, 11) is 0. The molecule has 0 unspecified atom stereocenters. The predicted octanol–water partition coefficient (Wildman–Crippen LogP) is 6.00. The fourth-order valence-corrected chi connectivity index (χ4v) is 5.28. The Labute approximate surface area is 198 Å². The highest BCUT2D eigenvalue weighted by Crippen LogP contribution is 2.40.